The minimum absolute atomic E-state index is 0.818. The summed E-state index contributed by atoms with van der Waals surface area (Å²) in [5.41, 5.74) is 0.870. The summed E-state index contributed by atoms with van der Waals surface area (Å²) in [5, 5.41) is 0. The lowest BCUT2D eigenvalue weighted by Crippen LogP contribution is -2.07. The molecule has 0 aromatic heterocycles. The van der Waals surface area contributed by atoms with Crippen molar-refractivity contribution in [1.82, 2.24) is 0 Å². The van der Waals surface area contributed by atoms with Gasteiger partial charge in [-0.1, -0.05) is 6.92 Å². The van der Waals surface area contributed by atoms with Gasteiger partial charge in [0.25, 0.3) is 0 Å². The van der Waals surface area contributed by atoms with Crippen LogP contribution in [-0.2, 0) is 4.74 Å². The Hall–Kier alpha value is 0.390. The molecule has 1 heterocycles. The van der Waals surface area contributed by atoms with Crippen molar-refractivity contribution in [3.8, 4) is 0 Å². The number of hydrogen-bond acceptors (Lipinski definition) is 1. The topological polar surface area (TPSA) is 9.23 Å². The van der Waals surface area contributed by atoms with Crippen molar-refractivity contribution in [1.29, 1.82) is 0 Å². The van der Waals surface area contributed by atoms with E-state index in [0.717, 1.165) is 33.4 Å². The van der Waals surface area contributed by atoms with Crippen LogP contribution >= 0.6 is 8.58 Å². The smallest absolute Gasteiger partial charge is 0.0534 e. The highest BCUT2D eigenvalue weighted by atomic mass is 31.1. The molecule has 1 rings (SSSR count). The molecule has 3 unspecified atom stereocenters. The van der Waals surface area contributed by atoms with Gasteiger partial charge < -0.3 is 4.74 Å². The molecule has 2 heteroatoms. The van der Waals surface area contributed by atoms with Gasteiger partial charge in [0.15, 0.2) is 0 Å². The Balaban J connectivity index is 2.30. The van der Waals surface area contributed by atoms with Crippen LogP contribution in [0.2, 0.25) is 0 Å². The van der Waals surface area contributed by atoms with Gasteiger partial charge in [0, 0.05) is 12.3 Å². The fraction of sp³-hybridized carbons (Fsp3) is 1.00. The minimum atomic E-state index is 0.818. The Morgan fingerprint density at radius 1 is 1.50 bits per heavy atom. The zero-order chi connectivity index (χ0) is 5.98. The van der Waals surface area contributed by atoms with Crippen LogP contribution < -0.4 is 0 Å². The quantitative estimate of drug-likeness (QED) is 0.489. The van der Waals surface area contributed by atoms with Crippen LogP contribution in [0.5, 0.6) is 0 Å². The second-order valence-electron chi connectivity index (χ2n) is 2.41. The molecule has 3 atom stereocenters. The number of ether oxygens (including phenoxy) is 1. The van der Waals surface area contributed by atoms with Crippen molar-refractivity contribution in [2.75, 3.05) is 19.9 Å². The lowest BCUT2D eigenvalue weighted by atomic mass is 10.2. The van der Waals surface area contributed by atoms with Gasteiger partial charge in [-0.25, -0.2) is 0 Å². The van der Waals surface area contributed by atoms with Crippen LogP contribution in [0.25, 0.3) is 0 Å². The SMILES string of the molecule is CPC1COCC1C. The fourth-order valence-electron chi connectivity index (χ4n) is 1.03. The summed E-state index contributed by atoms with van der Waals surface area (Å²) in [6, 6.07) is 0. The predicted octanol–water partition coefficient (Wildman–Crippen LogP) is 1.33. The molecular formula is C6H13OP. The summed E-state index contributed by atoms with van der Waals surface area (Å²) in [4.78, 5) is 0. The van der Waals surface area contributed by atoms with Gasteiger partial charge in [0.2, 0.25) is 0 Å². The van der Waals surface area contributed by atoms with E-state index in [1.54, 1.807) is 0 Å². The average Bonchev–Trinajstić information content (AvgIpc) is 2.14. The number of rotatable bonds is 1. The lowest BCUT2D eigenvalue weighted by molar-refractivity contribution is 0.189. The lowest BCUT2D eigenvalue weighted by Gasteiger charge is -2.07. The Kier molecular flexibility index (Phi) is 2.27. The molecule has 0 spiro atoms. The first-order valence-corrected chi connectivity index (χ1v) is 4.67. The Labute approximate surface area is 52.6 Å². The number of hydrogen-bond donors (Lipinski definition) is 0. The Morgan fingerprint density at radius 3 is 2.50 bits per heavy atom. The molecule has 0 aromatic rings. The van der Waals surface area contributed by atoms with Crippen molar-refractivity contribution in [3.63, 3.8) is 0 Å². The monoisotopic (exact) mass is 132 g/mol. The Bertz CT molecular complexity index is 74.9. The summed E-state index contributed by atoms with van der Waals surface area (Å²) < 4.78 is 5.27. The van der Waals surface area contributed by atoms with Gasteiger partial charge in [-0.2, -0.15) is 0 Å². The van der Waals surface area contributed by atoms with Crippen LogP contribution in [0.3, 0.4) is 0 Å². The molecule has 48 valence electrons. The van der Waals surface area contributed by atoms with Crippen LogP contribution in [0.1, 0.15) is 6.92 Å². The van der Waals surface area contributed by atoms with Gasteiger partial charge in [-0.3, -0.25) is 0 Å². The molecule has 1 aliphatic heterocycles. The molecule has 0 radical (unpaired) electrons. The zero-order valence-corrected chi connectivity index (χ0v) is 6.48. The maximum atomic E-state index is 5.27. The molecule has 1 nitrogen and oxygen atoms in total. The second-order valence-corrected chi connectivity index (χ2v) is 3.73. The van der Waals surface area contributed by atoms with Gasteiger partial charge in [0.05, 0.1) is 6.61 Å². The van der Waals surface area contributed by atoms with E-state index < -0.39 is 0 Å². The van der Waals surface area contributed by atoms with E-state index in [2.05, 4.69) is 13.6 Å². The van der Waals surface area contributed by atoms with Crippen molar-refractivity contribution in [2.45, 2.75) is 12.6 Å². The van der Waals surface area contributed by atoms with Gasteiger partial charge in [-0.15, -0.1) is 8.58 Å². The third-order valence-corrected chi connectivity index (χ3v) is 3.21. The second kappa shape index (κ2) is 2.80. The van der Waals surface area contributed by atoms with Gasteiger partial charge >= 0.3 is 0 Å². The summed E-state index contributed by atoms with van der Waals surface area (Å²) in [5.74, 6) is 0.818. The van der Waals surface area contributed by atoms with Crippen LogP contribution in [0.4, 0.5) is 0 Å². The van der Waals surface area contributed by atoms with E-state index in [-0.39, 0.29) is 0 Å². The summed E-state index contributed by atoms with van der Waals surface area (Å²) >= 11 is 0. The third-order valence-electron chi connectivity index (χ3n) is 1.74. The molecule has 0 saturated carbocycles. The highest BCUT2D eigenvalue weighted by Crippen LogP contribution is 2.27. The summed E-state index contributed by atoms with van der Waals surface area (Å²) in [7, 11) is 1.07. The van der Waals surface area contributed by atoms with E-state index in [9.17, 15) is 0 Å². The fourth-order valence-corrected chi connectivity index (χ4v) is 1.98. The van der Waals surface area contributed by atoms with E-state index in [0.29, 0.717) is 0 Å². The van der Waals surface area contributed by atoms with E-state index in [1.165, 1.54) is 0 Å². The van der Waals surface area contributed by atoms with E-state index >= 15 is 0 Å². The molecule has 1 aliphatic rings. The molecule has 8 heavy (non-hydrogen) atoms. The highest BCUT2D eigenvalue weighted by Gasteiger charge is 2.21. The van der Waals surface area contributed by atoms with Crippen LogP contribution in [-0.4, -0.2) is 25.5 Å². The van der Waals surface area contributed by atoms with Crippen molar-refractivity contribution >= 4 is 8.58 Å². The van der Waals surface area contributed by atoms with Crippen molar-refractivity contribution in [3.05, 3.63) is 0 Å². The summed E-state index contributed by atoms with van der Waals surface area (Å²) in [6.45, 7) is 6.53. The van der Waals surface area contributed by atoms with Crippen LogP contribution in [0, 0.1) is 5.92 Å². The molecule has 0 aliphatic carbocycles. The van der Waals surface area contributed by atoms with E-state index in [1.807, 2.05) is 0 Å². The first-order valence-electron chi connectivity index (χ1n) is 3.09. The highest BCUT2D eigenvalue weighted by molar-refractivity contribution is 7.38. The third kappa shape index (κ3) is 1.21. The zero-order valence-electron chi connectivity index (χ0n) is 5.48. The molecule has 0 bridgehead atoms. The average molecular weight is 132 g/mol. The van der Waals surface area contributed by atoms with Crippen molar-refractivity contribution < 1.29 is 4.74 Å². The maximum Gasteiger partial charge on any atom is 0.0534 e. The maximum absolute atomic E-state index is 5.27. The molecule has 0 amide bonds. The molecule has 1 fully saturated rings. The predicted molar refractivity (Wildman–Crippen MR) is 38.0 cm³/mol. The molecular weight excluding hydrogens is 119 g/mol. The largest absolute Gasteiger partial charge is 0.380 e. The molecule has 1 saturated heterocycles. The Morgan fingerprint density at radius 2 is 2.25 bits per heavy atom. The molecule has 0 N–H and O–H groups in total. The van der Waals surface area contributed by atoms with Crippen molar-refractivity contribution in [2.24, 2.45) is 5.92 Å². The van der Waals surface area contributed by atoms with E-state index in [4.69, 9.17) is 4.74 Å². The van der Waals surface area contributed by atoms with Gasteiger partial charge in [0.1, 0.15) is 0 Å². The van der Waals surface area contributed by atoms with Crippen LogP contribution in [0.15, 0.2) is 0 Å². The first kappa shape index (κ1) is 6.51. The normalized spacial score (nSPS) is 39.8. The first-order chi connectivity index (χ1) is 3.84. The minimum Gasteiger partial charge on any atom is -0.380 e. The molecule has 0 aromatic carbocycles. The van der Waals surface area contributed by atoms with Gasteiger partial charge in [-0.05, 0) is 12.6 Å². The summed E-state index contributed by atoms with van der Waals surface area (Å²) in [6.07, 6.45) is 0. The standard InChI is InChI=1S/C6H13OP/c1-5-3-7-4-6(5)8-2/h5-6,8H,3-4H2,1-2H3.